The van der Waals surface area contributed by atoms with Crippen LogP contribution >= 0.6 is 0 Å². The van der Waals surface area contributed by atoms with Crippen molar-refractivity contribution in [3.63, 3.8) is 0 Å². The lowest BCUT2D eigenvalue weighted by molar-refractivity contribution is -0.133. The lowest BCUT2D eigenvalue weighted by Gasteiger charge is -2.31. The molecule has 3 aromatic rings. The van der Waals surface area contributed by atoms with Crippen LogP contribution in [0, 0.1) is 0 Å². The molecule has 2 aliphatic rings. The molecule has 2 heterocycles. The van der Waals surface area contributed by atoms with Gasteiger partial charge in [0, 0.05) is 44.2 Å². The normalized spacial score (nSPS) is 20.1. The minimum absolute atomic E-state index is 0.0197. The van der Waals surface area contributed by atoms with Gasteiger partial charge in [0.2, 0.25) is 11.8 Å². The third kappa shape index (κ3) is 8.63. The number of piperidine rings is 1. The summed E-state index contributed by atoms with van der Waals surface area (Å²) in [5.74, 6) is 0.145. The molecule has 0 radical (unpaired) electrons. The highest BCUT2D eigenvalue weighted by Gasteiger charge is 2.33. The largest absolute Gasteiger partial charge is 0.351 e. The van der Waals surface area contributed by atoms with Crippen LogP contribution in [0.5, 0.6) is 0 Å². The quantitative estimate of drug-likeness (QED) is 0.319. The Morgan fingerprint density at radius 2 is 1.48 bits per heavy atom. The molecule has 2 fully saturated rings. The van der Waals surface area contributed by atoms with Crippen molar-refractivity contribution in [2.24, 2.45) is 0 Å². The highest BCUT2D eigenvalue weighted by Crippen LogP contribution is 2.27. The van der Waals surface area contributed by atoms with Gasteiger partial charge in [-0.05, 0) is 61.5 Å². The predicted molar refractivity (Wildman–Crippen MR) is 170 cm³/mol. The summed E-state index contributed by atoms with van der Waals surface area (Å²) in [7, 11) is 0. The summed E-state index contributed by atoms with van der Waals surface area (Å²) in [5, 5.41) is 6.73. The van der Waals surface area contributed by atoms with E-state index in [2.05, 4.69) is 69.0 Å². The van der Waals surface area contributed by atoms with Gasteiger partial charge in [-0.25, -0.2) is 0 Å². The Kier molecular flexibility index (Phi) is 11.0. The third-order valence-electron chi connectivity index (χ3n) is 8.53. The minimum Gasteiger partial charge on any atom is -0.351 e. The fourth-order valence-corrected chi connectivity index (χ4v) is 6.14. The van der Waals surface area contributed by atoms with Crippen molar-refractivity contribution in [2.45, 2.75) is 50.1 Å². The van der Waals surface area contributed by atoms with Gasteiger partial charge >= 0.3 is 0 Å². The van der Waals surface area contributed by atoms with Crippen molar-refractivity contribution in [3.05, 3.63) is 114 Å². The summed E-state index contributed by atoms with van der Waals surface area (Å²) in [6.45, 7) is 4.91. The summed E-state index contributed by atoms with van der Waals surface area (Å²) in [5.41, 5.74) is 3.42. The molecular weight excluding hydrogens is 520 g/mol. The first-order chi connectivity index (χ1) is 20.7. The van der Waals surface area contributed by atoms with E-state index < -0.39 is 0 Å². The van der Waals surface area contributed by atoms with Gasteiger partial charge < -0.3 is 20.4 Å². The Labute approximate surface area is 250 Å². The Balaban J connectivity index is 1.28. The number of rotatable bonds is 11. The molecule has 0 spiro atoms. The highest BCUT2D eigenvalue weighted by atomic mass is 16.2. The number of benzene rings is 3. The molecule has 0 aromatic heterocycles. The number of nitrogens with one attached hydrogen (secondary N) is 2. The van der Waals surface area contributed by atoms with Crippen LogP contribution in [0.3, 0.4) is 0 Å². The van der Waals surface area contributed by atoms with Crippen LogP contribution in [0.2, 0.25) is 0 Å². The molecule has 2 aliphatic heterocycles. The van der Waals surface area contributed by atoms with Gasteiger partial charge in [-0.15, -0.1) is 0 Å². The summed E-state index contributed by atoms with van der Waals surface area (Å²) < 4.78 is 0. The molecule has 2 amide bonds. The number of carbonyl (C=O) groups excluding carboxylic acids is 2. The van der Waals surface area contributed by atoms with Gasteiger partial charge in [-0.1, -0.05) is 97.4 Å². The molecule has 3 aromatic carbocycles. The Bertz CT molecular complexity index is 1240. The van der Waals surface area contributed by atoms with Crippen LogP contribution in [0.25, 0.3) is 6.08 Å². The molecule has 0 aliphatic carbocycles. The SMILES string of the molecule is O=C(/C=C/c1ccccc1)NC[C@@H]1CCN(CC(c2ccccc2)c2ccccc2)C(=O)[C@H](CCN2CCCCC2)N1. The number of hydrogen-bond donors (Lipinski definition) is 2. The van der Waals surface area contributed by atoms with Crippen LogP contribution in [0.15, 0.2) is 97.1 Å². The summed E-state index contributed by atoms with van der Waals surface area (Å²) >= 11 is 0. The lowest BCUT2D eigenvalue weighted by atomic mass is 9.90. The van der Waals surface area contributed by atoms with Crippen LogP contribution < -0.4 is 10.6 Å². The maximum absolute atomic E-state index is 14.1. The number of nitrogens with zero attached hydrogens (tertiary/aromatic N) is 2. The van der Waals surface area contributed by atoms with Gasteiger partial charge in [-0.3, -0.25) is 9.59 Å². The number of likely N-dealkylation sites (tertiary alicyclic amines) is 1. The molecule has 0 unspecified atom stereocenters. The predicted octanol–water partition coefficient (Wildman–Crippen LogP) is 5.08. The molecule has 5 rings (SSSR count). The topological polar surface area (TPSA) is 64.7 Å². The molecule has 0 saturated carbocycles. The molecule has 2 atom stereocenters. The van der Waals surface area contributed by atoms with Crippen molar-refractivity contribution in [3.8, 4) is 0 Å². The Morgan fingerprint density at radius 3 is 2.12 bits per heavy atom. The van der Waals surface area contributed by atoms with Gasteiger partial charge in [0.15, 0.2) is 0 Å². The van der Waals surface area contributed by atoms with E-state index in [4.69, 9.17) is 0 Å². The number of carbonyl (C=O) groups is 2. The monoisotopic (exact) mass is 564 g/mol. The van der Waals surface area contributed by atoms with E-state index in [0.29, 0.717) is 19.6 Å². The van der Waals surface area contributed by atoms with E-state index in [9.17, 15) is 9.59 Å². The maximum atomic E-state index is 14.1. The van der Waals surface area contributed by atoms with E-state index in [1.807, 2.05) is 48.5 Å². The first-order valence-corrected chi connectivity index (χ1v) is 15.5. The van der Waals surface area contributed by atoms with E-state index in [-0.39, 0.29) is 29.8 Å². The van der Waals surface area contributed by atoms with E-state index in [1.54, 1.807) is 6.08 Å². The fraction of sp³-hybridized carbons (Fsp3) is 0.389. The number of hydrogen-bond acceptors (Lipinski definition) is 4. The number of amides is 2. The summed E-state index contributed by atoms with van der Waals surface area (Å²) in [6, 6.07) is 30.6. The van der Waals surface area contributed by atoms with E-state index >= 15 is 0 Å². The smallest absolute Gasteiger partial charge is 0.244 e. The Morgan fingerprint density at radius 1 is 0.857 bits per heavy atom. The Hall–Kier alpha value is -3.74. The van der Waals surface area contributed by atoms with Crippen molar-refractivity contribution in [1.82, 2.24) is 20.4 Å². The second kappa shape index (κ2) is 15.5. The molecule has 0 bridgehead atoms. The first-order valence-electron chi connectivity index (χ1n) is 15.5. The lowest BCUT2D eigenvalue weighted by Crippen LogP contribution is -2.50. The standard InChI is InChI=1S/C36H44N4O2/c41-35(20-19-29-13-5-1-6-14-29)37-27-32-21-26-40(36(42)34(38-32)22-25-39-23-11-4-12-24-39)28-33(30-15-7-2-8-16-30)31-17-9-3-10-18-31/h1-3,5-10,13-20,32-34,38H,4,11-12,21-28H2,(H,37,41)/b20-19+/t32-,34-/m0/s1. The average molecular weight is 565 g/mol. The summed E-state index contributed by atoms with van der Waals surface area (Å²) in [6.07, 6.45) is 8.74. The van der Waals surface area contributed by atoms with Crippen molar-refractivity contribution in [1.29, 1.82) is 0 Å². The van der Waals surface area contributed by atoms with Crippen molar-refractivity contribution in [2.75, 3.05) is 39.3 Å². The van der Waals surface area contributed by atoms with Crippen LogP contribution in [-0.2, 0) is 9.59 Å². The van der Waals surface area contributed by atoms with E-state index in [1.165, 1.54) is 30.4 Å². The van der Waals surface area contributed by atoms with Crippen LogP contribution in [0.4, 0.5) is 0 Å². The zero-order chi connectivity index (χ0) is 29.0. The average Bonchev–Trinajstić information content (AvgIpc) is 3.20. The van der Waals surface area contributed by atoms with Crippen LogP contribution in [-0.4, -0.2) is 73.0 Å². The first kappa shape index (κ1) is 29.7. The van der Waals surface area contributed by atoms with Gasteiger partial charge in [0.05, 0.1) is 6.04 Å². The molecule has 6 nitrogen and oxygen atoms in total. The van der Waals surface area contributed by atoms with Gasteiger partial charge in [0.25, 0.3) is 0 Å². The van der Waals surface area contributed by atoms with E-state index in [0.717, 1.165) is 38.0 Å². The zero-order valence-electron chi connectivity index (χ0n) is 24.5. The molecule has 42 heavy (non-hydrogen) atoms. The minimum atomic E-state index is -0.275. The second-order valence-corrected chi connectivity index (χ2v) is 11.5. The second-order valence-electron chi connectivity index (χ2n) is 11.5. The molecule has 2 N–H and O–H groups in total. The fourth-order valence-electron chi connectivity index (χ4n) is 6.14. The summed E-state index contributed by atoms with van der Waals surface area (Å²) in [4.78, 5) is 31.3. The van der Waals surface area contributed by atoms with Gasteiger partial charge in [0.1, 0.15) is 0 Å². The molecular formula is C36H44N4O2. The zero-order valence-corrected chi connectivity index (χ0v) is 24.5. The maximum Gasteiger partial charge on any atom is 0.244 e. The highest BCUT2D eigenvalue weighted by molar-refractivity contribution is 5.91. The molecule has 6 heteroatoms. The molecule has 2 saturated heterocycles. The van der Waals surface area contributed by atoms with Gasteiger partial charge in [-0.2, -0.15) is 0 Å². The van der Waals surface area contributed by atoms with Crippen molar-refractivity contribution >= 4 is 17.9 Å². The molecule has 220 valence electrons. The van der Waals surface area contributed by atoms with Crippen molar-refractivity contribution < 1.29 is 9.59 Å². The van der Waals surface area contributed by atoms with Crippen LogP contribution in [0.1, 0.15) is 54.7 Å². The third-order valence-corrected chi connectivity index (χ3v) is 8.53.